The van der Waals surface area contributed by atoms with Crippen molar-refractivity contribution in [2.24, 2.45) is 4.99 Å². The summed E-state index contributed by atoms with van der Waals surface area (Å²) in [5, 5.41) is 7.14. The summed E-state index contributed by atoms with van der Waals surface area (Å²) in [6, 6.07) is 13.7. The topological polar surface area (TPSA) is 102 Å². The number of carbonyl (C=O) groups is 2. The van der Waals surface area contributed by atoms with Crippen LogP contribution < -0.4 is 15.0 Å². The number of aromatic nitrogens is 3. The number of anilines is 1. The Balaban J connectivity index is 1.23. The van der Waals surface area contributed by atoms with E-state index in [0.29, 0.717) is 28.3 Å². The van der Waals surface area contributed by atoms with E-state index in [0.717, 1.165) is 28.5 Å². The first kappa shape index (κ1) is 31.7. The number of thioether (sulfide) groups is 1. The second kappa shape index (κ2) is 12.7. The average Bonchev–Trinajstić information content (AvgIpc) is 3.59. The van der Waals surface area contributed by atoms with Crippen LogP contribution >= 0.6 is 11.8 Å². The molecule has 0 aliphatic carbocycles. The maximum absolute atomic E-state index is 15.4. The van der Waals surface area contributed by atoms with Crippen molar-refractivity contribution < 1.29 is 31.9 Å². The second-order valence-corrected chi connectivity index (χ2v) is 11.4. The van der Waals surface area contributed by atoms with Crippen molar-refractivity contribution in [2.75, 3.05) is 10.7 Å². The molecule has 0 radical (unpaired) electrons. The summed E-state index contributed by atoms with van der Waals surface area (Å²) in [4.78, 5) is 35.3. The minimum Gasteiger partial charge on any atom is -0.406 e. The fourth-order valence-corrected chi connectivity index (χ4v) is 5.85. The van der Waals surface area contributed by atoms with Gasteiger partial charge >= 0.3 is 12.4 Å². The number of carbonyl (C=O) groups excluding carboxylic acids is 2. The van der Waals surface area contributed by atoms with E-state index in [1.165, 1.54) is 47.1 Å². The molecule has 2 atom stereocenters. The van der Waals surface area contributed by atoms with Gasteiger partial charge in [0.15, 0.2) is 11.0 Å². The van der Waals surface area contributed by atoms with Crippen LogP contribution in [0.25, 0.3) is 17.1 Å². The largest absolute Gasteiger partial charge is 0.573 e. The molecule has 1 saturated heterocycles. The number of aliphatic imine (C=N–C) groups is 1. The first-order chi connectivity index (χ1) is 21.3. The van der Waals surface area contributed by atoms with E-state index in [2.05, 4.69) is 25.1 Å². The average molecular weight is 641 g/mol. The number of amides is 3. The smallest absolute Gasteiger partial charge is 0.406 e. The van der Waals surface area contributed by atoms with E-state index in [1.807, 2.05) is 32.9 Å². The summed E-state index contributed by atoms with van der Waals surface area (Å²) in [6.45, 7) is 7.27. The van der Waals surface area contributed by atoms with Crippen LogP contribution in [0.3, 0.4) is 0 Å². The van der Waals surface area contributed by atoms with E-state index in [-0.39, 0.29) is 22.6 Å². The number of benzene rings is 3. The van der Waals surface area contributed by atoms with E-state index in [9.17, 15) is 22.8 Å². The Hall–Kier alpha value is -4.72. The van der Waals surface area contributed by atoms with Crippen LogP contribution in [0.15, 0.2) is 72.0 Å². The van der Waals surface area contributed by atoms with Crippen LogP contribution in [0.4, 0.5) is 28.0 Å². The van der Waals surface area contributed by atoms with Crippen LogP contribution in [0.1, 0.15) is 35.3 Å². The normalized spacial score (nSPS) is 15.8. The summed E-state index contributed by atoms with van der Waals surface area (Å²) in [5.41, 5.74) is 4.85. The lowest BCUT2D eigenvalue weighted by atomic mass is 10.0. The van der Waals surface area contributed by atoms with Crippen molar-refractivity contribution in [3.05, 3.63) is 89.2 Å². The fraction of sp³-hybridized carbons (Fsp3) is 0.258. The number of urea groups is 1. The van der Waals surface area contributed by atoms with Crippen LogP contribution in [0.2, 0.25) is 0 Å². The van der Waals surface area contributed by atoms with Gasteiger partial charge in [0, 0.05) is 5.56 Å². The molecule has 3 amide bonds. The molecule has 5 rings (SSSR count). The molecule has 2 heterocycles. The highest BCUT2D eigenvalue weighted by Crippen LogP contribution is 2.33. The van der Waals surface area contributed by atoms with Gasteiger partial charge < -0.3 is 10.1 Å². The first-order valence-electron chi connectivity index (χ1n) is 13.7. The highest BCUT2D eigenvalue weighted by molar-refractivity contribution is 8.15. The Morgan fingerprint density at radius 2 is 1.69 bits per heavy atom. The number of rotatable bonds is 7. The molecular formula is C31H28F4N6O3S. The lowest BCUT2D eigenvalue weighted by molar-refractivity contribution is -0.274. The minimum absolute atomic E-state index is 0.142. The number of nitrogens with zero attached hydrogens (tertiary/aromatic N) is 5. The van der Waals surface area contributed by atoms with Gasteiger partial charge in [-0.1, -0.05) is 53.7 Å². The molecular weight excluding hydrogens is 612 g/mol. The molecule has 14 heteroatoms. The number of hydrogen-bond acceptors (Lipinski definition) is 6. The predicted molar refractivity (Wildman–Crippen MR) is 163 cm³/mol. The Morgan fingerprint density at radius 3 is 2.31 bits per heavy atom. The molecule has 0 spiro atoms. The molecule has 1 aliphatic heterocycles. The number of halogens is 4. The van der Waals surface area contributed by atoms with E-state index >= 15 is 4.39 Å². The van der Waals surface area contributed by atoms with Crippen molar-refractivity contribution in [3.8, 4) is 22.8 Å². The van der Waals surface area contributed by atoms with Gasteiger partial charge in [-0.2, -0.15) is 4.99 Å². The number of ether oxygens (including phenoxy) is 1. The van der Waals surface area contributed by atoms with E-state index < -0.39 is 24.6 Å². The quantitative estimate of drug-likeness (QED) is 0.218. The first-order valence-corrected chi connectivity index (χ1v) is 14.7. The van der Waals surface area contributed by atoms with Gasteiger partial charge in [0.25, 0.3) is 0 Å². The lowest BCUT2D eigenvalue weighted by Gasteiger charge is -2.22. The second-order valence-electron chi connectivity index (χ2n) is 10.5. The zero-order valence-electron chi connectivity index (χ0n) is 24.6. The third-order valence-electron chi connectivity index (χ3n) is 6.93. The van der Waals surface area contributed by atoms with Gasteiger partial charge in [0.2, 0.25) is 5.91 Å². The predicted octanol–water partition coefficient (Wildman–Crippen LogP) is 7.00. The van der Waals surface area contributed by atoms with Gasteiger partial charge in [-0.25, -0.2) is 18.9 Å². The molecule has 1 aromatic heterocycles. The van der Waals surface area contributed by atoms with Crippen molar-refractivity contribution in [1.29, 1.82) is 0 Å². The maximum atomic E-state index is 15.4. The molecule has 234 valence electrons. The lowest BCUT2D eigenvalue weighted by Crippen LogP contribution is -2.36. The Kier molecular flexibility index (Phi) is 8.96. The zero-order chi connectivity index (χ0) is 32.5. The van der Waals surface area contributed by atoms with Crippen LogP contribution in [-0.2, 0) is 4.79 Å². The molecule has 2 unspecified atom stereocenters. The Bertz CT molecular complexity index is 1730. The molecule has 1 aliphatic rings. The molecule has 45 heavy (non-hydrogen) atoms. The van der Waals surface area contributed by atoms with Gasteiger partial charge in [-0.3, -0.25) is 9.69 Å². The molecule has 1 fully saturated rings. The standard InChI is InChI=1S/C31H28F4N6O3S/c1-17-13-18(2)27(19(3)14-17)41-25(42)15-45-30(41)38-29(43)37-20(4)26(32)21-5-7-22(8-6-21)28-36-16-40(39-28)23-9-11-24(12-10-23)44-31(33,34)35/h5-14,16,20,26H,15H2,1-4H3,(H,37,43). The zero-order valence-corrected chi connectivity index (χ0v) is 25.4. The molecule has 9 nitrogen and oxygen atoms in total. The monoisotopic (exact) mass is 640 g/mol. The number of hydrogen-bond donors (Lipinski definition) is 1. The van der Waals surface area contributed by atoms with Crippen molar-refractivity contribution in [3.63, 3.8) is 0 Å². The minimum atomic E-state index is -4.79. The summed E-state index contributed by atoms with van der Waals surface area (Å²) in [5.74, 6) is -0.0893. The van der Waals surface area contributed by atoms with Crippen LogP contribution in [0, 0.1) is 20.8 Å². The van der Waals surface area contributed by atoms with Crippen molar-refractivity contribution in [2.45, 2.75) is 46.3 Å². The van der Waals surface area contributed by atoms with Gasteiger partial charge in [-0.05, 0) is 68.7 Å². The van der Waals surface area contributed by atoms with Gasteiger partial charge in [0.1, 0.15) is 18.2 Å². The third-order valence-corrected chi connectivity index (χ3v) is 7.85. The molecule has 1 N–H and O–H groups in total. The highest BCUT2D eigenvalue weighted by Gasteiger charge is 2.33. The highest BCUT2D eigenvalue weighted by atomic mass is 32.2. The Morgan fingerprint density at radius 1 is 1.04 bits per heavy atom. The summed E-state index contributed by atoms with van der Waals surface area (Å²) >= 11 is 1.15. The number of amidine groups is 1. The fourth-order valence-electron chi connectivity index (χ4n) is 5.00. The van der Waals surface area contributed by atoms with Crippen molar-refractivity contribution in [1.82, 2.24) is 20.1 Å². The molecule has 4 aromatic rings. The number of nitrogens with one attached hydrogen (secondary N) is 1. The summed E-state index contributed by atoms with van der Waals surface area (Å²) < 4.78 is 57.9. The number of alkyl halides is 4. The molecule has 0 saturated carbocycles. The van der Waals surface area contributed by atoms with Gasteiger partial charge in [-0.15, -0.1) is 18.3 Å². The third kappa shape index (κ3) is 7.33. The summed E-state index contributed by atoms with van der Waals surface area (Å²) in [7, 11) is 0. The molecule has 0 bridgehead atoms. The van der Waals surface area contributed by atoms with Crippen LogP contribution in [0.5, 0.6) is 5.75 Å². The molecule has 3 aromatic carbocycles. The van der Waals surface area contributed by atoms with E-state index in [1.54, 1.807) is 24.3 Å². The Labute approximate surface area is 260 Å². The van der Waals surface area contributed by atoms with Crippen molar-refractivity contribution >= 4 is 34.6 Å². The van der Waals surface area contributed by atoms with Gasteiger partial charge in [0.05, 0.1) is 23.2 Å². The SMILES string of the molecule is Cc1cc(C)c(N2C(=O)CSC2=NC(=O)NC(C)C(F)c2ccc(-c3ncn(-c4ccc(OC(F)(F)F)cc4)n3)cc2)c(C)c1. The maximum Gasteiger partial charge on any atom is 0.573 e. The van der Waals surface area contributed by atoms with E-state index in [4.69, 9.17) is 0 Å². The number of aryl methyl sites for hydroxylation is 3. The summed E-state index contributed by atoms with van der Waals surface area (Å²) in [6.07, 6.45) is -4.95. The van der Waals surface area contributed by atoms with Crippen LogP contribution in [-0.4, -0.2) is 50.0 Å².